The molecule has 2 rings (SSSR count). The third-order valence-electron chi connectivity index (χ3n) is 2.88. The lowest BCUT2D eigenvalue weighted by atomic mass is 10.1. The molecule has 15 heavy (non-hydrogen) atoms. The molecule has 1 aliphatic heterocycles. The minimum Gasteiger partial charge on any atom is -0.334 e. The summed E-state index contributed by atoms with van der Waals surface area (Å²) in [6.45, 7) is 3.21. The van der Waals surface area contributed by atoms with Gasteiger partial charge in [0.2, 0.25) is 0 Å². The van der Waals surface area contributed by atoms with Crippen molar-refractivity contribution < 1.29 is 0 Å². The van der Waals surface area contributed by atoms with Gasteiger partial charge in [-0.2, -0.15) is 11.8 Å². The Bertz CT molecular complexity index is 305. The molecule has 0 radical (unpaired) electrons. The first-order chi connectivity index (χ1) is 7.33. The van der Waals surface area contributed by atoms with Crippen LogP contribution in [0, 0.1) is 0 Å². The first kappa shape index (κ1) is 11.0. The smallest absolute Gasteiger partial charge is 0.126 e. The fraction of sp³-hybridized carbons (Fsp3) is 0.727. The third kappa shape index (κ3) is 2.37. The molecule has 0 amide bonds. The topological polar surface area (TPSA) is 43.8 Å². The van der Waals surface area contributed by atoms with Crippen LogP contribution in [0.1, 0.15) is 38.1 Å². The van der Waals surface area contributed by atoms with Crippen LogP contribution in [0.2, 0.25) is 0 Å². The largest absolute Gasteiger partial charge is 0.334 e. The summed E-state index contributed by atoms with van der Waals surface area (Å²) in [6, 6.07) is 0.110. The van der Waals surface area contributed by atoms with Crippen molar-refractivity contribution in [3.8, 4) is 0 Å². The predicted molar refractivity (Wildman–Crippen MR) is 64.9 cm³/mol. The maximum Gasteiger partial charge on any atom is 0.126 e. The Hall–Kier alpha value is -0.480. The van der Waals surface area contributed by atoms with Crippen LogP contribution in [0.25, 0.3) is 0 Å². The molecule has 0 aliphatic carbocycles. The number of thioether (sulfide) groups is 1. The van der Waals surface area contributed by atoms with Gasteiger partial charge in [0, 0.05) is 24.2 Å². The highest BCUT2D eigenvalue weighted by Crippen LogP contribution is 2.33. The molecule has 1 fully saturated rings. The molecule has 2 N–H and O–H groups in total. The molecule has 0 saturated carbocycles. The Balaban J connectivity index is 2.09. The highest BCUT2D eigenvalue weighted by atomic mass is 32.2. The summed E-state index contributed by atoms with van der Waals surface area (Å²) in [5.74, 6) is 2.32. The zero-order valence-electron chi connectivity index (χ0n) is 9.22. The lowest BCUT2D eigenvalue weighted by molar-refractivity contribution is 0.551. The van der Waals surface area contributed by atoms with Crippen LogP contribution in [-0.2, 0) is 6.54 Å². The second kappa shape index (κ2) is 5.03. The van der Waals surface area contributed by atoms with E-state index in [2.05, 4.69) is 16.5 Å². The Morgan fingerprint density at radius 2 is 2.60 bits per heavy atom. The Morgan fingerprint density at radius 1 is 1.73 bits per heavy atom. The summed E-state index contributed by atoms with van der Waals surface area (Å²) < 4.78 is 2.20. The standard InChI is InChI=1S/C11H19N3S/c1-2-6-14-7-5-13-11(14)10(12)9-4-3-8-15-9/h5,7,9-10H,2-4,6,8,12H2,1H3. The van der Waals surface area contributed by atoms with Gasteiger partial charge >= 0.3 is 0 Å². The van der Waals surface area contributed by atoms with Crippen molar-refractivity contribution in [1.82, 2.24) is 9.55 Å². The van der Waals surface area contributed by atoms with Crippen molar-refractivity contribution in [3.63, 3.8) is 0 Å². The zero-order chi connectivity index (χ0) is 10.7. The van der Waals surface area contributed by atoms with Crippen LogP contribution in [0.4, 0.5) is 0 Å². The highest BCUT2D eigenvalue weighted by Gasteiger charge is 2.26. The molecule has 1 aromatic heterocycles. The van der Waals surface area contributed by atoms with Gasteiger partial charge in [-0.3, -0.25) is 0 Å². The van der Waals surface area contributed by atoms with Gasteiger partial charge in [-0.25, -0.2) is 4.98 Å². The van der Waals surface area contributed by atoms with E-state index in [1.54, 1.807) is 0 Å². The quantitative estimate of drug-likeness (QED) is 0.854. The summed E-state index contributed by atoms with van der Waals surface area (Å²) >= 11 is 2.00. The van der Waals surface area contributed by atoms with Gasteiger partial charge in [0.25, 0.3) is 0 Å². The maximum absolute atomic E-state index is 6.27. The van der Waals surface area contributed by atoms with Crippen molar-refractivity contribution in [2.75, 3.05) is 5.75 Å². The van der Waals surface area contributed by atoms with E-state index in [4.69, 9.17) is 5.73 Å². The van der Waals surface area contributed by atoms with Crippen molar-refractivity contribution in [2.24, 2.45) is 5.73 Å². The second-order valence-electron chi connectivity index (χ2n) is 4.06. The van der Waals surface area contributed by atoms with E-state index in [9.17, 15) is 0 Å². The predicted octanol–water partition coefficient (Wildman–Crippen LogP) is 2.19. The molecule has 2 unspecified atom stereocenters. The highest BCUT2D eigenvalue weighted by molar-refractivity contribution is 8.00. The van der Waals surface area contributed by atoms with Gasteiger partial charge < -0.3 is 10.3 Å². The van der Waals surface area contributed by atoms with Crippen molar-refractivity contribution in [2.45, 2.75) is 44.0 Å². The van der Waals surface area contributed by atoms with Crippen LogP contribution < -0.4 is 5.73 Å². The van der Waals surface area contributed by atoms with E-state index in [1.807, 2.05) is 24.2 Å². The van der Waals surface area contributed by atoms with Crippen molar-refractivity contribution >= 4 is 11.8 Å². The first-order valence-corrected chi connectivity index (χ1v) is 6.76. The lowest BCUT2D eigenvalue weighted by Crippen LogP contribution is -2.25. The van der Waals surface area contributed by atoms with Gasteiger partial charge in [-0.05, 0) is 25.0 Å². The minimum absolute atomic E-state index is 0.110. The molecule has 84 valence electrons. The van der Waals surface area contributed by atoms with Crippen LogP contribution in [0.15, 0.2) is 12.4 Å². The number of imidazole rings is 1. The summed E-state index contributed by atoms with van der Waals surface area (Å²) in [7, 11) is 0. The Morgan fingerprint density at radius 3 is 3.27 bits per heavy atom. The molecular formula is C11H19N3S. The van der Waals surface area contributed by atoms with Crippen LogP contribution in [0.3, 0.4) is 0 Å². The number of nitrogens with zero attached hydrogens (tertiary/aromatic N) is 2. The number of hydrogen-bond acceptors (Lipinski definition) is 3. The molecule has 0 aromatic carbocycles. The molecule has 0 spiro atoms. The van der Waals surface area contributed by atoms with Crippen molar-refractivity contribution in [3.05, 3.63) is 18.2 Å². The SMILES string of the molecule is CCCn1ccnc1C(N)C1CCCS1. The van der Waals surface area contributed by atoms with Crippen LogP contribution >= 0.6 is 11.8 Å². The summed E-state index contributed by atoms with van der Waals surface area (Å²) in [6.07, 6.45) is 7.58. The zero-order valence-corrected chi connectivity index (χ0v) is 10.0. The van der Waals surface area contributed by atoms with Crippen LogP contribution in [0.5, 0.6) is 0 Å². The molecule has 1 aromatic rings. The Labute approximate surface area is 95.4 Å². The molecule has 2 heterocycles. The minimum atomic E-state index is 0.110. The van der Waals surface area contributed by atoms with E-state index in [0.29, 0.717) is 5.25 Å². The first-order valence-electron chi connectivity index (χ1n) is 5.71. The van der Waals surface area contributed by atoms with Gasteiger partial charge in [0.1, 0.15) is 5.82 Å². The number of hydrogen-bond donors (Lipinski definition) is 1. The third-order valence-corrected chi connectivity index (χ3v) is 4.36. The van der Waals surface area contributed by atoms with Gasteiger partial charge in [-0.15, -0.1) is 0 Å². The van der Waals surface area contributed by atoms with E-state index in [-0.39, 0.29) is 6.04 Å². The van der Waals surface area contributed by atoms with Crippen molar-refractivity contribution in [1.29, 1.82) is 0 Å². The Kier molecular flexibility index (Phi) is 3.70. The molecule has 1 saturated heterocycles. The average Bonchev–Trinajstić information content (AvgIpc) is 2.87. The van der Waals surface area contributed by atoms with E-state index in [0.717, 1.165) is 18.8 Å². The lowest BCUT2D eigenvalue weighted by Gasteiger charge is -2.18. The van der Waals surface area contributed by atoms with Gasteiger partial charge in [0.15, 0.2) is 0 Å². The van der Waals surface area contributed by atoms with E-state index in [1.165, 1.54) is 18.6 Å². The molecule has 3 nitrogen and oxygen atoms in total. The molecule has 1 aliphatic rings. The molecule has 0 bridgehead atoms. The van der Waals surface area contributed by atoms with E-state index >= 15 is 0 Å². The van der Waals surface area contributed by atoms with Gasteiger partial charge in [0.05, 0.1) is 6.04 Å². The fourth-order valence-corrected chi connectivity index (χ4v) is 3.40. The summed E-state index contributed by atoms with van der Waals surface area (Å²) in [5, 5.41) is 0.572. The molecule has 4 heteroatoms. The summed E-state index contributed by atoms with van der Waals surface area (Å²) in [5.41, 5.74) is 6.27. The number of aryl methyl sites for hydroxylation is 1. The molecule has 2 atom stereocenters. The number of nitrogens with two attached hydrogens (primary N) is 1. The monoisotopic (exact) mass is 225 g/mol. The normalized spacial score (nSPS) is 23.2. The average molecular weight is 225 g/mol. The van der Waals surface area contributed by atoms with E-state index < -0.39 is 0 Å². The number of rotatable bonds is 4. The van der Waals surface area contributed by atoms with Gasteiger partial charge in [-0.1, -0.05) is 6.92 Å². The number of aromatic nitrogens is 2. The van der Waals surface area contributed by atoms with Crippen LogP contribution in [-0.4, -0.2) is 20.6 Å². The fourth-order valence-electron chi connectivity index (χ4n) is 2.10. The summed E-state index contributed by atoms with van der Waals surface area (Å²) in [4.78, 5) is 4.40. The maximum atomic E-state index is 6.27. The second-order valence-corrected chi connectivity index (χ2v) is 5.40. The molecular weight excluding hydrogens is 206 g/mol.